The molecule has 0 bridgehead atoms. The standard InChI is InChI=1S/C7H15FO4S/c1-2-5-12-6-3-4-7(8)13(9,10)11/h7H,2-6H2,1H3,(H,9,10,11). The Morgan fingerprint density at radius 2 is 2.08 bits per heavy atom. The van der Waals surface area contributed by atoms with E-state index in [9.17, 15) is 12.8 Å². The fourth-order valence-electron chi connectivity index (χ4n) is 0.741. The number of hydrogen-bond donors (Lipinski definition) is 1. The largest absolute Gasteiger partial charge is 0.381 e. The molecule has 0 saturated carbocycles. The maximum atomic E-state index is 12.5. The van der Waals surface area contributed by atoms with Crippen LogP contribution in [0.25, 0.3) is 0 Å². The minimum absolute atomic E-state index is 0.220. The van der Waals surface area contributed by atoms with Gasteiger partial charge in [-0.2, -0.15) is 8.42 Å². The lowest BCUT2D eigenvalue weighted by molar-refractivity contribution is 0.127. The summed E-state index contributed by atoms with van der Waals surface area (Å²) in [5.41, 5.74) is -2.18. The fraction of sp³-hybridized carbons (Fsp3) is 1.00. The van der Waals surface area contributed by atoms with Crippen LogP contribution in [0.4, 0.5) is 4.39 Å². The lowest BCUT2D eigenvalue weighted by Crippen LogP contribution is -2.15. The Bertz CT molecular complexity index is 215. The molecule has 1 atom stereocenters. The first-order chi connectivity index (χ1) is 5.98. The molecule has 0 amide bonds. The third-order valence-corrected chi connectivity index (χ3v) is 2.27. The summed E-state index contributed by atoms with van der Waals surface area (Å²) in [5, 5.41) is 0. The summed E-state index contributed by atoms with van der Waals surface area (Å²) in [6, 6.07) is 0. The SMILES string of the molecule is CCCOCCCC(F)S(=O)(=O)O. The van der Waals surface area contributed by atoms with Gasteiger partial charge in [-0.25, -0.2) is 4.39 Å². The Hall–Kier alpha value is -0.200. The van der Waals surface area contributed by atoms with Crippen molar-refractivity contribution in [1.29, 1.82) is 0 Å². The van der Waals surface area contributed by atoms with Gasteiger partial charge in [0.15, 0.2) is 0 Å². The van der Waals surface area contributed by atoms with Gasteiger partial charge in [0, 0.05) is 13.2 Å². The average molecular weight is 214 g/mol. The molecule has 0 aliphatic heterocycles. The first-order valence-electron chi connectivity index (χ1n) is 4.16. The van der Waals surface area contributed by atoms with Crippen molar-refractivity contribution in [3.8, 4) is 0 Å². The summed E-state index contributed by atoms with van der Waals surface area (Å²) in [5.74, 6) is 0. The number of halogens is 1. The van der Waals surface area contributed by atoms with Crippen molar-refractivity contribution in [3.63, 3.8) is 0 Å². The van der Waals surface area contributed by atoms with Crippen LogP contribution < -0.4 is 0 Å². The van der Waals surface area contributed by atoms with E-state index < -0.39 is 15.6 Å². The van der Waals surface area contributed by atoms with Crippen molar-refractivity contribution in [2.75, 3.05) is 13.2 Å². The van der Waals surface area contributed by atoms with E-state index >= 15 is 0 Å². The van der Waals surface area contributed by atoms with Crippen LogP contribution in [-0.4, -0.2) is 31.7 Å². The van der Waals surface area contributed by atoms with E-state index in [1.54, 1.807) is 0 Å². The molecule has 0 aromatic rings. The van der Waals surface area contributed by atoms with Crippen LogP contribution in [0.2, 0.25) is 0 Å². The monoisotopic (exact) mass is 214 g/mol. The lowest BCUT2D eigenvalue weighted by atomic mass is 10.3. The highest BCUT2D eigenvalue weighted by atomic mass is 32.2. The number of alkyl halides is 1. The molecule has 1 unspecified atom stereocenters. The Morgan fingerprint density at radius 1 is 1.46 bits per heavy atom. The molecule has 0 rings (SSSR count). The normalized spacial score (nSPS) is 14.4. The molecule has 0 aliphatic carbocycles. The first kappa shape index (κ1) is 12.8. The molecular formula is C7H15FO4S. The van der Waals surface area contributed by atoms with Crippen molar-refractivity contribution >= 4 is 10.1 Å². The van der Waals surface area contributed by atoms with Gasteiger partial charge in [0.1, 0.15) is 0 Å². The highest BCUT2D eigenvalue weighted by Crippen LogP contribution is 2.08. The second kappa shape index (κ2) is 6.28. The van der Waals surface area contributed by atoms with Crippen LogP contribution in [0.15, 0.2) is 0 Å². The predicted molar refractivity (Wildman–Crippen MR) is 46.8 cm³/mol. The highest BCUT2D eigenvalue weighted by molar-refractivity contribution is 7.86. The molecule has 1 N–H and O–H groups in total. The van der Waals surface area contributed by atoms with Crippen LogP contribution in [-0.2, 0) is 14.9 Å². The molecule has 4 nitrogen and oxygen atoms in total. The number of hydrogen-bond acceptors (Lipinski definition) is 3. The molecule has 0 radical (unpaired) electrons. The second-order valence-electron chi connectivity index (χ2n) is 2.68. The van der Waals surface area contributed by atoms with Crippen LogP contribution >= 0.6 is 0 Å². The van der Waals surface area contributed by atoms with E-state index in [-0.39, 0.29) is 6.42 Å². The van der Waals surface area contributed by atoms with Crippen LogP contribution in [0.5, 0.6) is 0 Å². The number of ether oxygens (including phenoxy) is 1. The van der Waals surface area contributed by atoms with Crippen molar-refractivity contribution < 1.29 is 22.1 Å². The summed E-state index contributed by atoms with van der Waals surface area (Å²) in [6.45, 7) is 2.85. The molecule has 80 valence electrons. The van der Waals surface area contributed by atoms with Gasteiger partial charge in [-0.3, -0.25) is 4.55 Å². The third-order valence-electron chi connectivity index (χ3n) is 1.39. The maximum absolute atomic E-state index is 12.5. The Labute approximate surface area is 77.8 Å². The van der Waals surface area contributed by atoms with E-state index in [1.165, 1.54) is 0 Å². The summed E-state index contributed by atoms with van der Waals surface area (Å²) in [4.78, 5) is 0. The zero-order valence-electron chi connectivity index (χ0n) is 7.57. The minimum atomic E-state index is -4.52. The van der Waals surface area contributed by atoms with E-state index in [0.717, 1.165) is 6.42 Å². The Balaban J connectivity index is 3.44. The fourth-order valence-corrected chi connectivity index (χ4v) is 1.21. The molecule has 0 heterocycles. The van der Waals surface area contributed by atoms with Gasteiger partial charge in [0.25, 0.3) is 10.1 Å². The quantitative estimate of drug-likeness (QED) is 0.513. The summed E-state index contributed by atoms with van der Waals surface area (Å²) in [6.07, 6.45) is 0.945. The smallest absolute Gasteiger partial charge is 0.297 e. The van der Waals surface area contributed by atoms with Gasteiger partial charge in [0.2, 0.25) is 5.50 Å². The van der Waals surface area contributed by atoms with Gasteiger partial charge in [-0.05, 0) is 19.3 Å². The van der Waals surface area contributed by atoms with Crippen LogP contribution in [0, 0.1) is 0 Å². The van der Waals surface area contributed by atoms with E-state index in [4.69, 9.17) is 9.29 Å². The molecular weight excluding hydrogens is 199 g/mol. The van der Waals surface area contributed by atoms with Crippen molar-refractivity contribution in [1.82, 2.24) is 0 Å². The minimum Gasteiger partial charge on any atom is -0.381 e. The van der Waals surface area contributed by atoms with Gasteiger partial charge in [0.05, 0.1) is 0 Å². The maximum Gasteiger partial charge on any atom is 0.297 e. The van der Waals surface area contributed by atoms with Crippen molar-refractivity contribution in [2.45, 2.75) is 31.7 Å². The second-order valence-corrected chi connectivity index (χ2v) is 4.22. The lowest BCUT2D eigenvalue weighted by Gasteiger charge is -2.04. The zero-order valence-corrected chi connectivity index (χ0v) is 8.39. The molecule has 0 fully saturated rings. The van der Waals surface area contributed by atoms with Crippen LogP contribution in [0.1, 0.15) is 26.2 Å². The van der Waals surface area contributed by atoms with Gasteiger partial charge in [-0.1, -0.05) is 6.92 Å². The van der Waals surface area contributed by atoms with Gasteiger partial charge < -0.3 is 4.74 Å². The Morgan fingerprint density at radius 3 is 2.54 bits per heavy atom. The zero-order chi connectivity index (χ0) is 10.3. The average Bonchev–Trinajstić information content (AvgIpc) is 2.02. The van der Waals surface area contributed by atoms with E-state index in [2.05, 4.69) is 0 Å². The van der Waals surface area contributed by atoms with Gasteiger partial charge >= 0.3 is 0 Å². The third kappa shape index (κ3) is 6.92. The van der Waals surface area contributed by atoms with E-state index in [0.29, 0.717) is 19.6 Å². The summed E-state index contributed by atoms with van der Waals surface area (Å²) >= 11 is 0. The molecule has 6 heteroatoms. The molecule has 0 aromatic heterocycles. The van der Waals surface area contributed by atoms with Crippen molar-refractivity contribution in [3.05, 3.63) is 0 Å². The summed E-state index contributed by atoms with van der Waals surface area (Å²) in [7, 11) is -4.52. The molecule has 0 aliphatic rings. The van der Waals surface area contributed by atoms with Crippen molar-refractivity contribution in [2.24, 2.45) is 0 Å². The molecule has 13 heavy (non-hydrogen) atoms. The molecule has 0 aromatic carbocycles. The topological polar surface area (TPSA) is 63.6 Å². The predicted octanol–water partition coefficient (Wildman–Crippen LogP) is 1.38. The number of rotatable bonds is 7. The molecule has 0 saturated heterocycles. The van der Waals surface area contributed by atoms with Crippen LogP contribution in [0.3, 0.4) is 0 Å². The summed E-state index contributed by atoms with van der Waals surface area (Å²) < 4.78 is 46.2. The van der Waals surface area contributed by atoms with Gasteiger partial charge in [-0.15, -0.1) is 0 Å². The first-order valence-corrected chi connectivity index (χ1v) is 5.67. The molecule has 0 spiro atoms. The van der Waals surface area contributed by atoms with E-state index in [1.807, 2.05) is 6.92 Å². The highest BCUT2D eigenvalue weighted by Gasteiger charge is 2.20. The Kier molecular flexibility index (Phi) is 6.19.